The number of hydrogen-bond donors (Lipinski definition) is 1. The van der Waals surface area contributed by atoms with Crippen LogP contribution in [-0.4, -0.2) is 25.4 Å². The zero-order valence-electron chi connectivity index (χ0n) is 11.7. The van der Waals surface area contributed by atoms with Crippen LogP contribution in [0.5, 0.6) is 5.75 Å². The van der Waals surface area contributed by atoms with E-state index in [0.29, 0.717) is 12.1 Å². The molecule has 18 heavy (non-hydrogen) atoms. The molecule has 100 valence electrons. The Kier molecular flexibility index (Phi) is 3.93. The Balaban J connectivity index is 1.95. The third-order valence-electron chi connectivity index (χ3n) is 3.54. The van der Waals surface area contributed by atoms with Gasteiger partial charge in [-0.05, 0) is 33.3 Å². The predicted molar refractivity (Wildman–Crippen MR) is 73.0 cm³/mol. The van der Waals surface area contributed by atoms with Gasteiger partial charge in [-0.2, -0.15) is 0 Å². The number of para-hydroxylation sites is 1. The first kappa shape index (κ1) is 13.4. The molecular weight excluding hydrogens is 226 g/mol. The summed E-state index contributed by atoms with van der Waals surface area (Å²) in [7, 11) is 1.76. The molecule has 0 fully saturated rings. The minimum Gasteiger partial charge on any atom is -0.491 e. The SMILES string of the molecule is COC(C)(C)CC(C)NC1COc2ccccc21. The highest BCUT2D eigenvalue weighted by molar-refractivity contribution is 5.39. The van der Waals surface area contributed by atoms with Gasteiger partial charge in [0.15, 0.2) is 0 Å². The van der Waals surface area contributed by atoms with E-state index in [2.05, 4.69) is 38.2 Å². The number of ether oxygens (including phenoxy) is 2. The van der Waals surface area contributed by atoms with Crippen molar-refractivity contribution in [2.45, 2.75) is 44.9 Å². The van der Waals surface area contributed by atoms with E-state index in [1.165, 1.54) is 5.56 Å². The van der Waals surface area contributed by atoms with Crippen LogP contribution in [0.1, 0.15) is 38.8 Å². The molecule has 0 amide bonds. The Labute approximate surface area is 109 Å². The van der Waals surface area contributed by atoms with Gasteiger partial charge in [-0.1, -0.05) is 18.2 Å². The minimum atomic E-state index is -0.0919. The van der Waals surface area contributed by atoms with Crippen molar-refractivity contribution in [3.05, 3.63) is 29.8 Å². The summed E-state index contributed by atoms with van der Waals surface area (Å²) in [5.74, 6) is 1.01. The van der Waals surface area contributed by atoms with Gasteiger partial charge in [0.05, 0.1) is 11.6 Å². The van der Waals surface area contributed by atoms with Crippen molar-refractivity contribution in [1.82, 2.24) is 5.32 Å². The van der Waals surface area contributed by atoms with Crippen LogP contribution in [0.25, 0.3) is 0 Å². The zero-order chi connectivity index (χ0) is 13.2. The topological polar surface area (TPSA) is 30.5 Å². The van der Waals surface area contributed by atoms with Gasteiger partial charge < -0.3 is 14.8 Å². The molecule has 2 rings (SSSR count). The molecule has 1 aromatic rings. The molecule has 2 atom stereocenters. The normalized spacial score (nSPS) is 20.3. The maximum atomic E-state index is 5.67. The second-order valence-corrected chi connectivity index (χ2v) is 5.64. The lowest BCUT2D eigenvalue weighted by molar-refractivity contribution is 0.00745. The van der Waals surface area contributed by atoms with E-state index in [9.17, 15) is 0 Å². The summed E-state index contributed by atoms with van der Waals surface area (Å²) >= 11 is 0. The van der Waals surface area contributed by atoms with Gasteiger partial charge in [0.1, 0.15) is 12.4 Å². The fraction of sp³-hybridized carbons (Fsp3) is 0.600. The molecule has 0 aromatic heterocycles. The summed E-state index contributed by atoms with van der Waals surface area (Å²) in [4.78, 5) is 0. The van der Waals surface area contributed by atoms with E-state index in [4.69, 9.17) is 9.47 Å². The van der Waals surface area contributed by atoms with Gasteiger partial charge >= 0.3 is 0 Å². The van der Waals surface area contributed by atoms with Crippen molar-refractivity contribution in [3.63, 3.8) is 0 Å². The highest BCUT2D eigenvalue weighted by atomic mass is 16.5. The predicted octanol–water partition coefficient (Wildman–Crippen LogP) is 2.91. The van der Waals surface area contributed by atoms with Crippen molar-refractivity contribution in [2.24, 2.45) is 0 Å². The molecule has 0 radical (unpaired) electrons. The highest BCUT2D eigenvalue weighted by Gasteiger charge is 2.27. The first-order valence-electron chi connectivity index (χ1n) is 6.55. The minimum absolute atomic E-state index is 0.0919. The average Bonchev–Trinajstić information content (AvgIpc) is 2.72. The molecule has 0 spiro atoms. The van der Waals surface area contributed by atoms with Crippen molar-refractivity contribution >= 4 is 0 Å². The number of methoxy groups -OCH3 is 1. The van der Waals surface area contributed by atoms with Crippen LogP contribution in [-0.2, 0) is 4.74 Å². The largest absolute Gasteiger partial charge is 0.491 e. The maximum absolute atomic E-state index is 5.67. The molecular formula is C15H23NO2. The molecule has 1 aromatic carbocycles. The molecule has 0 aliphatic carbocycles. The average molecular weight is 249 g/mol. The van der Waals surface area contributed by atoms with E-state index < -0.39 is 0 Å². The number of hydrogen-bond acceptors (Lipinski definition) is 3. The molecule has 0 saturated carbocycles. The number of nitrogens with one attached hydrogen (secondary N) is 1. The lowest BCUT2D eigenvalue weighted by atomic mass is 9.98. The number of benzene rings is 1. The Hall–Kier alpha value is -1.06. The summed E-state index contributed by atoms with van der Waals surface area (Å²) in [6.45, 7) is 7.15. The molecule has 1 aliphatic rings. The van der Waals surface area contributed by atoms with Crippen LogP contribution in [0.2, 0.25) is 0 Å². The fourth-order valence-corrected chi connectivity index (χ4v) is 2.52. The summed E-state index contributed by atoms with van der Waals surface area (Å²) in [6, 6.07) is 8.92. The third-order valence-corrected chi connectivity index (χ3v) is 3.54. The van der Waals surface area contributed by atoms with Crippen LogP contribution in [0.3, 0.4) is 0 Å². The molecule has 2 unspecified atom stereocenters. The number of rotatable bonds is 5. The Bertz CT molecular complexity index is 403. The van der Waals surface area contributed by atoms with Gasteiger partial charge in [-0.25, -0.2) is 0 Å². The fourth-order valence-electron chi connectivity index (χ4n) is 2.52. The van der Waals surface area contributed by atoms with E-state index in [0.717, 1.165) is 18.8 Å². The van der Waals surface area contributed by atoms with Gasteiger partial charge in [-0.15, -0.1) is 0 Å². The molecule has 0 bridgehead atoms. The second-order valence-electron chi connectivity index (χ2n) is 5.64. The monoisotopic (exact) mass is 249 g/mol. The van der Waals surface area contributed by atoms with Crippen LogP contribution >= 0.6 is 0 Å². The van der Waals surface area contributed by atoms with E-state index in [-0.39, 0.29) is 5.60 Å². The highest BCUT2D eigenvalue weighted by Crippen LogP contribution is 2.32. The molecule has 1 N–H and O–H groups in total. The zero-order valence-corrected chi connectivity index (χ0v) is 11.7. The molecule has 0 saturated heterocycles. The number of fused-ring (bicyclic) bond motifs is 1. The van der Waals surface area contributed by atoms with Gasteiger partial charge in [-0.3, -0.25) is 0 Å². The standard InChI is InChI=1S/C15H23NO2/c1-11(9-15(2,3)17-4)16-13-10-18-14-8-6-5-7-12(13)14/h5-8,11,13,16H,9-10H2,1-4H3. The smallest absolute Gasteiger partial charge is 0.124 e. The van der Waals surface area contributed by atoms with Crippen LogP contribution < -0.4 is 10.1 Å². The van der Waals surface area contributed by atoms with E-state index in [1.807, 2.05) is 12.1 Å². The molecule has 1 aliphatic heterocycles. The van der Waals surface area contributed by atoms with Crippen molar-refractivity contribution in [2.75, 3.05) is 13.7 Å². The summed E-state index contributed by atoms with van der Waals surface area (Å²) in [5, 5.41) is 3.62. The summed E-state index contributed by atoms with van der Waals surface area (Å²) in [5.41, 5.74) is 1.17. The van der Waals surface area contributed by atoms with Crippen LogP contribution in [0.15, 0.2) is 24.3 Å². The first-order valence-corrected chi connectivity index (χ1v) is 6.55. The van der Waals surface area contributed by atoms with Gasteiger partial charge in [0.25, 0.3) is 0 Å². The Morgan fingerprint density at radius 3 is 2.89 bits per heavy atom. The van der Waals surface area contributed by atoms with Gasteiger partial charge in [0.2, 0.25) is 0 Å². The van der Waals surface area contributed by atoms with Gasteiger partial charge in [0, 0.05) is 18.7 Å². The van der Waals surface area contributed by atoms with Crippen molar-refractivity contribution in [1.29, 1.82) is 0 Å². The third kappa shape index (κ3) is 3.03. The van der Waals surface area contributed by atoms with Crippen LogP contribution in [0, 0.1) is 0 Å². The van der Waals surface area contributed by atoms with Crippen LogP contribution in [0.4, 0.5) is 0 Å². The molecule has 3 nitrogen and oxygen atoms in total. The van der Waals surface area contributed by atoms with E-state index in [1.54, 1.807) is 7.11 Å². The van der Waals surface area contributed by atoms with Crippen molar-refractivity contribution in [3.8, 4) is 5.75 Å². The molecule has 3 heteroatoms. The first-order chi connectivity index (χ1) is 8.52. The summed E-state index contributed by atoms with van der Waals surface area (Å²) in [6.07, 6.45) is 0.974. The van der Waals surface area contributed by atoms with E-state index >= 15 is 0 Å². The lowest BCUT2D eigenvalue weighted by Gasteiger charge is -2.28. The Morgan fingerprint density at radius 2 is 2.17 bits per heavy atom. The van der Waals surface area contributed by atoms with Crippen molar-refractivity contribution < 1.29 is 9.47 Å². The quantitative estimate of drug-likeness (QED) is 0.870. The maximum Gasteiger partial charge on any atom is 0.124 e. The lowest BCUT2D eigenvalue weighted by Crippen LogP contribution is -2.38. The summed E-state index contributed by atoms with van der Waals surface area (Å²) < 4.78 is 11.1. The second kappa shape index (κ2) is 5.29. The molecule has 1 heterocycles. The Morgan fingerprint density at radius 1 is 1.44 bits per heavy atom.